The van der Waals surface area contributed by atoms with Crippen LogP contribution >= 0.6 is 0 Å². The van der Waals surface area contributed by atoms with Crippen LogP contribution in [0.25, 0.3) is 10.9 Å². The van der Waals surface area contributed by atoms with Crippen molar-refractivity contribution in [1.82, 2.24) is 10.3 Å². The number of amides is 1. The molecule has 2 heterocycles. The van der Waals surface area contributed by atoms with Crippen LogP contribution in [-0.4, -0.2) is 30.6 Å². The van der Waals surface area contributed by atoms with Gasteiger partial charge in [-0.2, -0.15) is 0 Å². The Kier molecular flexibility index (Phi) is 5.94. The van der Waals surface area contributed by atoms with Gasteiger partial charge in [0.05, 0.1) is 0 Å². The average Bonchev–Trinajstić information content (AvgIpc) is 2.76. The maximum absolute atomic E-state index is 12.2. The summed E-state index contributed by atoms with van der Waals surface area (Å²) >= 11 is 0. The lowest BCUT2D eigenvalue weighted by Gasteiger charge is -2.32. The fourth-order valence-electron chi connectivity index (χ4n) is 3.79. The highest BCUT2D eigenvalue weighted by Crippen LogP contribution is 2.28. The smallest absolute Gasteiger partial charge is 0.258 e. The highest BCUT2D eigenvalue weighted by Gasteiger charge is 2.18. The minimum atomic E-state index is -0.146. The lowest BCUT2D eigenvalue weighted by Crippen LogP contribution is -2.34. The molecule has 2 aromatic carbocycles. The molecule has 0 saturated carbocycles. The number of hydrogen-bond acceptors (Lipinski definition) is 4. The van der Waals surface area contributed by atoms with Gasteiger partial charge in [0.25, 0.3) is 5.91 Å². The minimum Gasteiger partial charge on any atom is -0.481 e. The molecule has 1 aliphatic rings. The Balaban J connectivity index is 1.44. The second kappa shape index (κ2) is 8.95. The summed E-state index contributed by atoms with van der Waals surface area (Å²) in [4.78, 5) is 19.4. The highest BCUT2D eigenvalue weighted by molar-refractivity contribution is 5.86. The van der Waals surface area contributed by atoms with Crippen molar-refractivity contribution in [1.29, 1.82) is 0 Å². The van der Waals surface area contributed by atoms with E-state index < -0.39 is 0 Å². The minimum absolute atomic E-state index is 0.0292. The molecule has 1 amide bonds. The maximum Gasteiger partial charge on any atom is 0.258 e. The van der Waals surface area contributed by atoms with Crippen LogP contribution in [0, 0.1) is 5.92 Å². The van der Waals surface area contributed by atoms with Gasteiger partial charge < -0.3 is 15.0 Å². The maximum atomic E-state index is 12.2. The van der Waals surface area contributed by atoms with E-state index in [0.717, 1.165) is 35.4 Å². The number of ether oxygens (including phenoxy) is 1. The number of rotatable bonds is 6. The van der Waals surface area contributed by atoms with Gasteiger partial charge in [0.2, 0.25) is 0 Å². The number of fused-ring (bicyclic) bond motifs is 1. The van der Waals surface area contributed by atoms with Gasteiger partial charge >= 0.3 is 0 Å². The van der Waals surface area contributed by atoms with Gasteiger partial charge in [-0.1, -0.05) is 49.4 Å². The number of piperidine rings is 1. The molecule has 1 unspecified atom stereocenters. The van der Waals surface area contributed by atoms with Gasteiger partial charge in [0.15, 0.2) is 6.61 Å². The number of anilines is 1. The van der Waals surface area contributed by atoms with Crippen LogP contribution in [0.4, 0.5) is 5.82 Å². The van der Waals surface area contributed by atoms with E-state index in [1.165, 1.54) is 12.8 Å². The quantitative estimate of drug-likeness (QED) is 0.688. The number of carbonyl (C=O) groups excluding carboxylic acids is 1. The van der Waals surface area contributed by atoms with Crippen molar-refractivity contribution in [2.75, 3.05) is 24.6 Å². The number of nitrogens with zero attached hydrogens (tertiary/aromatic N) is 2. The highest BCUT2D eigenvalue weighted by atomic mass is 16.5. The van der Waals surface area contributed by atoms with Crippen molar-refractivity contribution in [3.8, 4) is 5.75 Å². The van der Waals surface area contributed by atoms with E-state index in [1.807, 2.05) is 48.5 Å². The van der Waals surface area contributed by atoms with E-state index in [9.17, 15) is 4.79 Å². The van der Waals surface area contributed by atoms with E-state index in [-0.39, 0.29) is 12.5 Å². The van der Waals surface area contributed by atoms with Crippen LogP contribution in [0.5, 0.6) is 5.75 Å². The summed E-state index contributed by atoms with van der Waals surface area (Å²) in [6.07, 6.45) is 2.47. The largest absolute Gasteiger partial charge is 0.481 e. The normalized spacial score (nSPS) is 16.6. The van der Waals surface area contributed by atoms with Crippen LogP contribution in [0.3, 0.4) is 0 Å². The Morgan fingerprint density at radius 3 is 2.83 bits per heavy atom. The van der Waals surface area contributed by atoms with E-state index in [2.05, 4.69) is 29.3 Å². The molecule has 0 aliphatic carbocycles. The summed E-state index contributed by atoms with van der Waals surface area (Å²) in [7, 11) is 0. The average molecular weight is 389 g/mol. The molecule has 1 fully saturated rings. The van der Waals surface area contributed by atoms with Crippen molar-refractivity contribution in [2.45, 2.75) is 26.3 Å². The first-order valence-corrected chi connectivity index (χ1v) is 10.3. The summed E-state index contributed by atoms with van der Waals surface area (Å²) in [5, 5.41) is 3.91. The lowest BCUT2D eigenvalue weighted by atomic mass is 10.0. The molecule has 0 bridgehead atoms. The summed E-state index contributed by atoms with van der Waals surface area (Å²) < 4.78 is 5.84. The van der Waals surface area contributed by atoms with Gasteiger partial charge in [0, 0.05) is 25.0 Å². The Labute approximate surface area is 171 Å². The molecule has 1 atom stereocenters. The predicted molar refractivity (Wildman–Crippen MR) is 116 cm³/mol. The van der Waals surface area contributed by atoms with E-state index >= 15 is 0 Å². The molecule has 29 heavy (non-hydrogen) atoms. The molecule has 3 aromatic rings. The Bertz CT molecular complexity index is 974. The number of hydrogen-bond donors (Lipinski definition) is 1. The SMILES string of the molecule is CC1CCCN(c2ccc3cccc(OCC(=O)NCc4ccccc4)c3n2)C1. The monoisotopic (exact) mass is 389 g/mol. The molecule has 5 heteroatoms. The zero-order valence-electron chi connectivity index (χ0n) is 16.8. The van der Waals surface area contributed by atoms with Crippen molar-refractivity contribution in [2.24, 2.45) is 5.92 Å². The Morgan fingerprint density at radius 2 is 2.00 bits per heavy atom. The third-order valence-electron chi connectivity index (χ3n) is 5.34. The van der Waals surface area contributed by atoms with Gasteiger partial charge in [0.1, 0.15) is 17.1 Å². The molecule has 1 aliphatic heterocycles. The molecular weight excluding hydrogens is 362 g/mol. The number of aromatic nitrogens is 1. The first-order chi connectivity index (χ1) is 14.2. The van der Waals surface area contributed by atoms with Crippen molar-refractivity contribution >= 4 is 22.6 Å². The fraction of sp³-hybridized carbons (Fsp3) is 0.333. The molecular formula is C24H27N3O2. The van der Waals surface area contributed by atoms with Crippen molar-refractivity contribution in [3.05, 3.63) is 66.2 Å². The summed E-state index contributed by atoms with van der Waals surface area (Å²) in [6, 6.07) is 19.8. The predicted octanol–water partition coefficient (Wildman–Crippen LogP) is 4.17. The summed E-state index contributed by atoms with van der Waals surface area (Å²) in [5.74, 6) is 2.16. The number of pyridine rings is 1. The van der Waals surface area contributed by atoms with Crippen LogP contribution in [0.15, 0.2) is 60.7 Å². The van der Waals surface area contributed by atoms with Crippen molar-refractivity contribution < 1.29 is 9.53 Å². The van der Waals surface area contributed by atoms with E-state index in [4.69, 9.17) is 9.72 Å². The molecule has 5 nitrogen and oxygen atoms in total. The van der Waals surface area contributed by atoms with Gasteiger partial charge in [-0.05, 0) is 42.5 Å². The zero-order chi connectivity index (χ0) is 20.1. The summed E-state index contributed by atoms with van der Waals surface area (Å²) in [6.45, 7) is 4.82. The van der Waals surface area contributed by atoms with Crippen molar-refractivity contribution in [3.63, 3.8) is 0 Å². The number of para-hydroxylation sites is 1. The number of benzene rings is 2. The van der Waals surface area contributed by atoms with Crippen LogP contribution in [0.2, 0.25) is 0 Å². The van der Waals surface area contributed by atoms with Crippen LogP contribution in [0.1, 0.15) is 25.3 Å². The van der Waals surface area contributed by atoms with Gasteiger partial charge in [-0.3, -0.25) is 4.79 Å². The standard InChI is InChI=1S/C24H27N3O2/c1-18-7-6-14-27(16-18)22-13-12-20-10-5-11-21(24(20)26-22)29-17-23(28)25-15-19-8-3-2-4-9-19/h2-5,8-13,18H,6-7,14-17H2,1H3,(H,25,28). The molecule has 0 spiro atoms. The first kappa shape index (κ1) is 19.2. The fourth-order valence-corrected chi connectivity index (χ4v) is 3.79. The molecule has 1 aromatic heterocycles. The Morgan fingerprint density at radius 1 is 1.14 bits per heavy atom. The molecule has 0 radical (unpaired) electrons. The molecule has 1 saturated heterocycles. The van der Waals surface area contributed by atoms with Gasteiger partial charge in [-0.25, -0.2) is 4.98 Å². The number of carbonyl (C=O) groups is 1. The van der Waals surface area contributed by atoms with Crippen LogP contribution < -0.4 is 15.0 Å². The molecule has 150 valence electrons. The van der Waals surface area contributed by atoms with E-state index in [0.29, 0.717) is 18.2 Å². The second-order valence-corrected chi connectivity index (χ2v) is 7.74. The molecule has 1 N–H and O–H groups in total. The molecule has 4 rings (SSSR count). The van der Waals surface area contributed by atoms with E-state index in [1.54, 1.807) is 0 Å². The first-order valence-electron chi connectivity index (χ1n) is 10.3. The third-order valence-corrected chi connectivity index (χ3v) is 5.34. The Hall–Kier alpha value is -3.08. The topological polar surface area (TPSA) is 54.5 Å². The van der Waals surface area contributed by atoms with Gasteiger partial charge in [-0.15, -0.1) is 0 Å². The summed E-state index contributed by atoms with van der Waals surface area (Å²) in [5.41, 5.74) is 1.87. The van der Waals surface area contributed by atoms with Crippen LogP contribution in [-0.2, 0) is 11.3 Å². The second-order valence-electron chi connectivity index (χ2n) is 7.74. The lowest BCUT2D eigenvalue weighted by molar-refractivity contribution is -0.123. The zero-order valence-corrected chi connectivity index (χ0v) is 16.8. The third kappa shape index (κ3) is 4.86. The number of nitrogens with one attached hydrogen (secondary N) is 1.